The number of aryl methyl sites for hydroxylation is 1. The van der Waals surface area contributed by atoms with Crippen molar-refractivity contribution in [2.24, 2.45) is 0 Å². The molecule has 3 rings (SSSR count). The van der Waals surface area contributed by atoms with Crippen molar-refractivity contribution < 1.29 is 4.79 Å². The Hall–Kier alpha value is -1.92. The Morgan fingerprint density at radius 2 is 2.00 bits per heavy atom. The average molecular weight is 315 g/mol. The third-order valence-corrected chi connectivity index (χ3v) is 4.43. The number of rotatable bonds is 2. The highest BCUT2D eigenvalue weighted by Crippen LogP contribution is 2.28. The lowest BCUT2D eigenvalue weighted by Gasteiger charge is -2.03. The zero-order valence-electron chi connectivity index (χ0n) is 11.6. The van der Waals surface area contributed by atoms with Crippen LogP contribution in [0.5, 0.6) is 0 Å². The van der Waals surface area contributed by atoms with Gasteiger partial charge in [0.05, 0.1) is 16.3 Å². The van der Waals surface area contributed by atoms with E-state index in [1.807, 2.05) is 54.9 Å². The zero-order valence-corrected chi connectivity index (χ0v) is 13.2. The minimum atomic E-state index is -0.142. The smallest absolute Gasteiger partial charge is 0.263 e. The summed E-state index contributed by atoms with van der Waals surface area (Å²) in [7, 11) is 0. The number of para-hydroxylation sites is 1. The molecule has 1 saturated heterocycles. The van der Waals surface area contributed by atoms with Crippen molar-refractivity contribution in [1.29, 1.82) is 0 Å². The van der Waals surface area contributed by atoms with E-state index in [-0.39, 0.29) is 5.91 Å². The molecule has 4 nitrogen and oxygen atoms in total. The summed E-state index contributed by atoms with van der Waals surface area (Å²) in [5.41, 5.74) is 3.84. The summed E-state index contributed by atoms with van der Waals surface area (Å²) in [6.45, 7) is 3.93. The molecule has 0 unspecified atom stereocenters. The lowest BCUT2D eigenvalue weighted by Crippen LogP contribution is -2.17. The van der Waals surface area contributed by atoms with Gasteiger partial charge in [0.25, 0.3) is 5.91 Å². The van der Waals surface area contributed by atoms with E-state index >= 15 is 0 Å². The summed E-state index contributed by atoms with van der Waals surface area (Å²) in [5.74, 6) is -0.142. The van der Waals surface area contributed by atoms with E-state index in [4.69, 9.17) is 12.2 Å². The first kappa shape index (κ1) is 14.0. The molecular weight excluding hydrogens is 302 g/mol. The van der Waals surface area contributed by atoms with Crippen molar-refractivity contribution in [3.8, 4) is 5.69 Å². The number of nitrogens with one attached hydrogen (secondary N) is 1. The van der Waals surface area contributed by atoms with Crippen LogP contribution in [-0.4, -0.2) is 20.0 Å². The number of nitrogens with zero attached hydrogens (tertiary/aromatic N) is 2. The van der Waals surface area contributed by atoms with Crippen molar-refractivity contribution in [2.75, 3.05) is 0 Å². The van der Waals surface area contributed by atoms with Gasteiger partial charge in [0, 0.05) is 11.3 Å². The van der Waals surface area contributed by atoms with Gasteiger partial charge in [-0.15, -0.1) is 0 Å². The fraction of sp³-hybridized carbons (Fsp3) is 0.133. The van der Waals surface area contributed by atoms with Gasteiger partial charge >= 0.3 is 0 Å². The van der Waals surface area contributed by atoms with Crippen LogP contribution in [0.3, 0.4) is 0 Å². The lowest BCUT2D eigenvalue weighted by molar-refractivity contribution is -0.115. The molecule has 0 bridgehead atoms. The van der Waals surface area contributed by atoms with Gasteiger partial charge in [-0.3, -0.25) is 4.79 Å². The number of aromatic nitrogens is 2. The molecule has 1 aliphatic heterocycles. The van der Waals surface area contributed by atoms with Gasteiger partial charge in [-0.2, -0.15) is 5.10 Å². The molecule has 2 heterocycles. The SMILES string of the molecule is Cc1nn(-c2ccccc2)c(C)c1C=C1SC(=S)NC1=O. The van der Waals surface area contributed by atoms with Gasteiger partial charge in [0.1, 0.15) is 4.32 Å². The van der Waals surface area contributed by atoms with E-state index in [1.54, 1.807) is 0 Å². The van der Waals surface area contributed by atoms with Gasteiger partial charge < -0.3 is 5.32 Å². The highest BCUT2D eigenvalue weighted by Gasteiger charge is 2.23. The van der Waals surface area contributed by atoms with Crippen LogP contribution in [0.15, 0.2) is 35.2 Å². The maximum atomic E-state index is 11.8. The maximum absolute atomic E-state index is 11.8. The highest BCUT2D eigenvalue weighted by atomic mass is 32.2. The number of thioether (sulfide) groups is 1. The number of thiocarbonyl (C=S) groups is 1. The van der Waals surface area contributed by atoms with Crippen LogP contribution in [0.2, 0.25) is 0 Å². The van der Waals surface area contributed by atoms with E-state index in [9.17, 15) is 4.79 Å². The molecule has 0 radical (unpaired) electrons. The molecule has 0 aliphatic carbocycles. The number of carbonyl (C=O) groups is 1. The predicted molar refractivity (Wildman–Crippen MR) is 89.3 cm³/mol. The third-order valence-electron chi connectivity index (χ3n) is 3.27. The summed E-state index contributed by atoms with van der Waals surface area (Å²) in [6, 6.07) is 9.93. The minimum absolute atomic E-state index is 0.142. The number of hydrogen-bond donors (Lipinski definition) is 1. The molecule has 1 aliphatic rings. The molecule has 1 fully saturated rings. The summed E-state index contributed by atoms with van der Waals surface area (Å²) >= 11 is 6.29. The Kier molecular flexibility index (Phi) is 3.65. The fourth-order valence-electron chi connectivity index (χ4n) is 2.24. The topological polar surface area (TPSA) is 46.9 Å². The normalized spacial score (nSPS) is 16.6. The van der Waals surface area contributed by atoms with Crippen LogP contribution in [0.25, 0.3) is 11.8 Å². The number of hydrogen-bond acceptors (Lipinski definition) is 4. The van der Waals surface area contributed by atoms with Crippen molar-refractivity contribution in [2.45, 2.75) is 13.8 Å². The van der Waals surface area contributed by atoms with Crippen LogP contribution >= 0.6 is 24.0 Å². The standard InChI is InChI=1S/C15H13N3OS2/c1-9-12(8-13-14(19)16-15(20)21-13)10(2)18(17-9)11-6-4-3-5-7-11/h3-8H,1-2H3,(H,16,19,20). The first-order chi connectivity index (χ1) is 10.1. The van der Waals surface area contributed by atoms with Crippen molar-refractivity contribution in [3.63, 3.8) is 0 Å². The molecule has 0 atom stereocenters. The number of benzene rings is 1. The Morgan fingerprint density at radius 1 is 1.29 bits per heavy atom. The molecule has 0 spiro atoms. The van der Waals surface area contributed by atoms with Gasteiger partial charge in [-0.1, -0.05) is 42.2 Å². The molecular formula is C15H13N3OS2. The maximum Gasteiger partial charge on any atom is 0.263 e. The molecule has 1 amide bonds. The second-order valence-electron chi connectivity index (χ2n) is 4.68. The lowest BCUT2D eigenvalue weighted by atomic mass is 10.2. The largest absolute Gasteiger partial charge is 0.307 e. The van der Waals surface area contributed by atoms with Crippen LogP contribution in [-0.2, 0) is 4.79 Å². The number of amides is 1. The van der Waals surface area contributed by atoms with Crippen molar-refractivity contribution in [3.05, 3.63) is 52.2 Å². The second kappa shape index (κ2) is 5.46. The van der Waals surface area contributed by atoms with E-state index in [2.05, 4.69) is 10.4 Å². The molecule has 1 aromatic carbocycles. The Bertz CT molecular complexity index is 763. The van der Waals surface area contributed by atoms with E-state index in [0.717, 1.165) is 22.6 Å². The molecule has 1 aromatic heterocycles. The van der Waals surface area contributed by atoms with Crippen molar-refractivity contribution >= 4 is 40.3 Å². The molecule has 0 saturated carbocycles. The number of carbonyl (C=O) groups excluding carboxylic acids is 1. The molecule has 106 valence electrons. The van der Waals surface area contributed by atoms with Crippen molar-refractivity contribution in [1.82, 2.24) is 15.1 Å². The average Bonchev–Trinajstić information content (AvgIpc) is 2.93. The zero-order chi connectivity index (χ0) is 15.0. The summed E-state index contributed by atoms with van der Waals surface area (Å²) in [4.78, 5) is 12.4. The van der Waals surface area contributed by atoms with E-state index in [0.29, 0.717) is 9.23 Å². The summed E-state index contributed by atoms with van der Waals surface area (Å²) in [6.07, 6.45) is 1.86. The Balaban J connectivity index is 2.06. The Morgan fingerprint density at radius 3 is 2.62 bits per heavy atom. The van der Waals surface area contributed by atoms with Gasteiger partial charge in [-0.05, 0) is 32.1 Å². The van der Waals surface area contributed by atoms with Gasteiger partial charge in [0.15, 0.2) is 0 Å². The van der Waals surface area contributed by atoms with Crippen LogP contribution < -0.4 is 5.32 Å². The van der Waals surface area contributed by atoms with Gasteiger partial charge in [-0.25, -0.2) is 4.68 Å². The quantitative estimate of drug-likeness (QED) is 0.684. The summed E-state index contributed by atoms with van der Waals surface area (Å²) < 4.78 is 2.38. The first-order valence-electron chi connectivity index (χ1n) is 6.43. The fourth-order valence-corrected chi connectivity index (χ4v) is 3.26. The highest BCUT2D eigenvalue weighted by molar-refractivity contribution is 8.26. The summed E-state index contributed by atoms with van der Waals surface area (Å²) in [5, 5.41) is 7.19. The third kappa shape index (κ3) is 2.64. The van der Waals surface area contributed by atoms with Gasteiger partial charge in [0.2, 0.25) is 0 Å². The monoisotopic (exact) mass is 315 g/mol. The molecule has 1 N–H and O–H groups in total. The van der Waals surface area contributed by atoms with E-state index < -0.39 is 0 Å². The Labute approximate surface area is 132 Å². The molecule has 21 heavy (non-hydrogen) atoms. The first-order valence-corrected chi connectivity index (χ1v) is 7.65. The minimum Gasteiger partial charge on any atom is -0.307 e. The van der Waals surface area contributed by atoms with E-state index in [1.165, 1.54) is 11.8 Å². The van der Waals surface area contributed by atoms with Crippen LogP contribution in [0.1, 0.15) is 17.0 Å². The molecule has 2 aromatic rings. The molecule has 6 heteroatoms. The predicted octanol–water partition coefficient (Wildman–Crippen LogP) is 2.98. The van der Waals surface area contributed by atoms with Crippen LogP contribution in [0, 0.1) is 13.8 Å². The van der Waals surface area contributed by atoms with Crippen LogP contribution in [0.4, 0.5) is 0 Å². The second-order valence-corrected chi connectivity index (χ2v) is 6.40.